The third-order valence-electron chi connectivity index (χ3n) is 4.57. The molecule has 0 radical (unpaired) electrons. The van der Waals surface area contributed by atoms with Crippen LogP contribution in [0.3, 0.4) is 0 Å². The van der Waals surface area contributed by atoms with Gasteiger partial charge in [0.2, 0.25) is 5.91 Å². The Balaban J connectivity index is 1.60. The van der Waals surface area contributed by atoms with E-state index in [1.807, 2.05) is 60.8 Å². The van der Waals surface area contributed by atoms with E-state index in [-0.39, 0.29) is 16.7 Å². The van der Waals surface area contributed by atoms with Crippen LogP contribution in [0.25, 0.3) is 21.7 Å². The second kappa shape index (κ2) is 7.77. The Kier molecular flexibility index (Phi) is 5.19. The Labute approximate surface area is 170 Å². The molecule has 0 aliphatic heterocycles. The number of fused-ring (bicyclic) bond motifs is 2. The lowest BCUT2D eigenvalue weighted by Gasteiger charge is -2.14. The maximum Gasteiger partial charge on any atom is 0.261 e. The standard InChI is InChI=1S/C21H19N3O2S2/c1-13(19(25)22-12-16-8-5-9-27-16)28-21-23-18-11-15-7-4-3-6-14(15)10-17(18)20(26)24(21)2/h3-11,13H,12H2,1-2H3,(H,22,25)/t13-/m1/s1. The van der Waals surface area contributed by atoms with Crippen molar-refractivity contribution in [1.29, 1.82) is 0 Å². The van der Waals surface area contributed by atoms with Crippen LogP contribution in [0.15, 0.2) is 63.9 Å². The highest BCUT2D eigenvalue weighted by Crippen LogP contribution is 2.24. The zero-order valence-corrected chi connectivity index (χ0v) is 17.1. The highest BCUT2D eigenvalue weighted by Gasteiger charge is 2.18. The summed E-state index contributed by atoms with van der Waals surface area (Å²) in [5, 5.41) is 7.72. The first-order valence-corrected chi connectivity index (χ1v) is 10.6. The number of hydrogen-bond acceptors (Lipinski definition) is 5. The van der Waals surface area contributed by atoms with Gasteiger partial charge < -0.3 is 5.32 Å². The molecule has 142 valence electrons. The number of aromatic nitrogens is 2. The predicted octanol–water partition coefficient (Wildman–Crippen LogP) is 3.95. The summed E-state index contributed by atoms with van der Waals surface area (Å²) in [6.45, 7) is 2.34. The number of hydrogen-bond donors (Lipinski definition) is 1. The summed E-state index contributed by atoms with van der Waals surface area (Å²) in [7, 11) is 1.70. The van der Waals surface area contributed by atoms with Crippen molar-refractivity contribution in [3.8, 4) is 0 Å². The van der Waals surface area contributed by atoms with Crippen molar-refractivity contribution in [3.63, 3.8) is 0 Å². The molecule has 1 atom stereocenters. The molecule has 0 spiro atoms. The molecule has 0 saturated carbocycles. The van der Waals surface area contributed by atoms with Crippen LogP contribution in [-0.4, -0.2) is 20.7 Å². The summed E-state index contributed by atoms with van der Waals surface area (Å²) in [6, 6.07) is 15.7. The highest BCUT2D eigenvalue weighted by atomic mass is 32.2. The fourth-order valence-corrected chi connectivity index (χ4v) is 4.53. The number of nitrogens with zero attached hydrogens (tertiary/aromatic N) is 2. The molecule has 7 heteroatoms. The summed E-state index contributed by atoms with van der Waals surface area (Å²) in [6.07, 6.45) is 0. The van der Waals surface area contributed by atoms with Gasteiger partial charge in [-0.3, -0.25) is 14.2 Å². The smallest absolute Gasteiger partial charge is 0.261 e. The van der Waals surface area contributed by atoms with Gasteiger partial charge in [-0.05, 0) is 41.3 Å². The number of amides is 1. The maximum absolute atomic E-state index is 12.8. The minimum absolute atomic E-state index is 0.0775. The lowest BCUT2D eigenvalue weighted by atomic mass is 10.1. The zero-order valence-electron chi connectivity index (χ0n) is 15.5. The largest absolute Gasteiger partial charge is 0.350 e. The van der Waals surface area contributed by atoms with Crippen LogP contribution in [0.5, 0.6) is 0 Å². The molecular formula is C21H19N3O2S2. The van der Waals surface area contributed by atoms with E-state index in [9.17, 15) is 9.59 Å². The number of carbonyl (C=O) groups excluding carboxylic acids is 1. The molecular weight excluding hydrogens is 390 g/mol. The fourth-order valence-electron chi connectivity index (χ4n) is 2.99. The highest BCUT2D eigenvalue weighted by molar-refractivity contribution is 8.00. The molecule has 1 amide bonds. The molecule has 0 unspecified atom stereocenters. The van der Waals surface area contributed by atoms with Crippen molar-refractivity contribution in [1.82, 2.24) is 14.9 Å². The molecule has 0 bridgehead atoms. The lowest BCUT2D eigenvalue weighted by molar-refractivity contribution is -0.120. The van der Waals surface area contributed by atoms with Gasteiger partial charge in [0, 0.05) is 11.9 Å². The molecule has 4 rings (SSSR count). The van der Waals surface area contributed by atoms with Crippen LogP contribution >= 0.6 is 23.1 Å². The Bertz CT molecular complexity index is 1220. The number of thioether (sulfide) groups is 1. The van der Waals surface area contributed by atoms with Crippen molar-refractivity contribution in [2.24, 2.45) is 7.05 Å². The molecule has 0 fully saturated rings. The average Bonchev–Trinajstić information content (AvgIpc) is 3.22. The molecule has 2 aromatic heterocycles. The second-order valence-electron chi connectivity index (χ2n) is 6.53. The van der Waals surface area contributed by atoms with E-state index in [1.165, 1.54) is 16.3 Å². The Hall–Kier alpha value is -2.64. The van der Waals surface area contributed by atoms with E-state index in [1.54, 1.807) is 18.4 Å². The summed E-state index contributed by atoms with van der Waals surface area (Å²) >= 11 is 2.90. The minimum atomic E-state index is -0.365. The molecule has 0 saturated heterocycles. The van der Waals surface area contributed by atoms with Crippen LogP contribution in [0.4, 0.5) is 0 Å². The fraction of sp³-hybridized carbons (Fsp3) is 0.190. The Morgan fingerprint density at radius 3 is 2.68 bits per heavy atom. The molecule has 1 N–H and O–H groups in total. The second-order valence-corrected chi connectivity index (χ2v) is 8.87. The Morgan fingerprint density at radius 1 is 1.21 bits per heavy atom. The summed E-state index contributed by atoms with van der Waals surface area (Å²) in [4.78, 5) is 31.0. The van der Waals surface area contributed by atoms with Crippen molar-refractivity contribution in [2.45, 2.75) is 23.9 Å². The van der Waals surface area contributed by atoms with Crippen LogP contribution in [0.2, 0.25) is 0 Å². The van der Waals surface area contributed by atoms with Gasteiger partial charge in [0.15, 0.2) is 5.16 Å². The minimum Gasteiger partial charge on any atom is -0.350 e. The normalized spacial score (nSPS) is 12.4. The Morgan fingerprint density at radius 2 is 1.96 bits per heavy atom. The van der Waals surface area contributed by atoms with E-state index in [0.29, 0.717) is 22.6 Å². The van der Waals surface area contributed by atoms with E-state index in [2.05, 4.69) is 10.3 Å². The number of carbonyl (C=O) groups is 1. The van der Waals surface area contributed by atoms with Gasteiger partial charge in [0.25, 0.3) is 5.56 Å². The van der Waals surface area contributed by atoms with Crippen molar-refractivity contribution in [2.75, 3.05) is 0 Å². The molecule has 28 heavy (non-hydrogen) atoms. The third kappa shape index (κ3) is 3.68. The van der Waals surface area contributed by atoms with Crippen LogP contribution in [-0.2, 0) is 18.4 Å². The van der Waals surface area contributed by atoms with Crippen molar-refractivity contribution in [3.05, 3.63) is 69.1 Å². The molecule has 0 aliphatic carbocycles. The lowest BCUT2D eigenvalue weighted by Crippen LogP contribution is -2.31. The van der Waals surface area contributed by atoms with E-state index >= 15 is 0 Å². The number of rotatable bonds is 5. The van der Waals surface area contributed by atoms with E-state index in [0.717, 1.165) is 15.6 Å². The summed E-state index contributed by atoms with van der Waals surface area (Å²) in [5.74, 6) is -0.0775. The maximum atomic E-state index is 12.8. The van der Waals surface area contributed by atoms with Crippen LogP contribution in [0, 0.1) is 0 Å². The van der Waals surface area contributed by atoms with E-state index < -0.39 is 0 Å². The SMILES string of the molecule is C[C@@H](Sc1nc2cc3ccccc3cc2c(=O)n1C)C(=O)NCc1cccs1. The molecule has 2 heterocycles. The first-order valence-electron chi connectivity index (χ1n) is 8.89. The van der Waals surface area contributed by atoms with Gasteiger partial charge in [-0.1, -0.05) is 42.1 Å². The van der Waals surface area contributed by atoms with Gasteiger partial charge in [-0.25, -0.2) is 4.98 Å². The average molecular weight is 410 g/mol. The van der Waals surface area contributed by atoms with Crippen LogP contribution in [0.1, 0.15) is 11.8 Å². The number of thiophene rings is 1. The first-order chi connectivity index (χ1) is 13.5. The third-order valence-corrected chi connectivity index (χ3v) is 6.59. The summed E-state index contributed by atoms with van der Waals surface area (Å²) < 4.78 is 1.52. The van der Waals surface area contributed by atoms with Gasteiger partial charge in [-0.2, -0.15) is 0 Å². The van der Waals surface area contributed by atoms with Gasteiger partial charge in [0.1, 0.15) is 0 Å². The first kappa shape index (κ1) is 18.7. The van der Waals surface area contributed by atoms with Gasteiger partial charge >= 0.3 is 0 Å². The topological polar surface area (TPSA) is 64.0 Å². The van der Waals surface area contributed by atoms with Gasteiger partial charge in [0.05, 0.1) is 22.7 Å². The molecule has 2 aromatic carbocycles. The quantitative estimate of drug-likeness (QED) is 0.308. The molecule has 4 aromatic rings. The number of benzene rings is 2. The van der Waals surface area contributed by atoms with Crippen LogP contribution < -0.4 is 10.9 Å². The van der Waals surface area contributed by atoms with Crippen molar-refractivity contribution < 1.29 is 4.79 Å². The molecule has 0 aliphatic rings. The van der Waals surface area contributed by atoms with Crippen molar-refractivity contribution >= 4 is 50.7 Å². The van der Waals surface area contributed by atoms with E-state index in [4.69, 9.17) is 0 Å². The zero-order chi connectivity index (χ0) is 19.7. The molecule has 5 nitrogen and oxygen atoms in total. The predicted molar refractivity (Wildman–Crippen MR) is 116 cm³/mol. The monoisotopic (exact) mass is 409 g/mol. The number of nitrogens with one attached hydrogen (secondary N) is 1. The summed E-state index contributed by atoms with van der Waals surface area (Å²) in [5.41, 5.74) is 0.542. The van der Waals surface area contributed by atoms with Gasteiger partial charge in [-0.15, -0.1) is 11.3 Å².